The molecule has 3 atom stereocenters. The van der Waals surface area contributed by atoms with Gasteiger partial charge in [0.2, 0.25) is 0 Å². The summed E-state index contributed by atoms with van der Waals surface area (Å²) < 4.78 is 13.8. The van der Waals surface area contributed by atoms with Gasteiger partial charge in [-0.2, -0.15) is 0 Å². The van der Waals surface area contributed by atoms with Crippen LogP contribution in [-0.2, 0) is 20.7 Å². The summed E-state index contributed by atoms with van der Waals surface area (Å²) in [5, 5.41) is -0.858. The van der Waals surface area contributed by atoms with Gasteiger partial charge in [0.25, 0.3) is 0 Å². The fourth-order valence-corrected chi connectivity index (χ4v) is 7.53. The minimum atomic E-state index is -2.70. The van der Waals surface area contributed by atoms with Crippen LogP contribution in [0.1, 0.15) is 25.0 Å². The van der Waals surface area contributed by atoms with Crippen molar-refractivity contribution in [2.45, 2.75) is 25.2 Å². The third kappa shape index (κ3) is 2.27. The number of carbonyl (C=O) groups excluding carboxylic acids is 1. The fourth-order valence-electron chi connectivity index (χ4n) is 3.63. The first-order valence-electron chi connectivity index (χ1n) is 7.69. The number of carbonyl (C=O) groups is 1. The minimum absolute atomic E-state index is 0.123. The zero-order valence-electron chi connectivity index (χ0n) is 13.0. The van der Waals surface area contributed by atoms with E-state index in [0.717, 1.165) is 11.1 Å². The van der Waals surface area contributed by atoms with Gasteiger partial charge in [0.05, 0.1) is 0 Å². The van der Waals surface area contributed by atoms with Gasteiger partial charge in [-0.3, -0.25) is 4.79 Å². The second-order valence-corrected chi connectivity index (χ2v) is 9.77. The lowest BCUT2D eigenvalue weighted by Crippen LogP contribution is -2.29. The van der Waals surface area contributed by atoms with Crippen molar-refractivity contribution in [2.75, 3.05) is 6.16 Å². The molecule has 2 aromatic rings. The minimum Gasteiger partial charge on any atom is -0.322 e. The van der Waals surface area contributed by atoms with Crippen molar-refractivity contribution in [2.24, 2.45) is 5.92 Å². The summed E-state index contributed by atoms with van der Waals surface area (Å²) in [5.74, 6) is -0.0160. The largest absolute Gasteiger partial charge is 0.322 e. The van der Waals surface area contributed by atoms with Gasteiger partial charge in [0, 0.05) is 18.2 Å². The number of hydrogen-bond donors (Lipinski definition) is 0. The quantitative estimate of drug-likeness (QED) is 0.771. The summed E-state index contributed by atoms with van der Waals surface area (Å²) in [6.45, 7) is 3.80. The monoisotopic (exact) mass is 312 g/mol. The standard InChI is InChI=1S/C19H21O2P/c1-15-13-22(21,14-16-9-5-3-6-10-16)19(2,18(15)20)17-11-7-4-8-12-17/h3-12,15H,13-14H2,1-2H3. The molecule has 1 heterocycles. The first-order valence-corrected chi connectivity index (χ1v) is 9.77. The molecule has 1 aliphatic rings. The zero-order valence-corrected chi connectivity index (χ0v) is 13.9. The molecule has 22 heavy (non-hydrogen) atoms. The molecule has 3 heteroatoms. The van der Waals surface area contributed by atoms with Crippen molar-refractivity contribution < 1.29 is 9.36 Å². The molecule has 3 unspecified atom stereocenters. The lowest BCUT2D eigenvalue weighted by Gasteiger charge is -2.31. The molecule has 0 spiro atoms. The molecule has 0 saturated carbocycles. The molecule has 0 radical (unpaired) electrons. The van der Waals surface area contributed by atoms with E-state index in [9.17, 15) is 9.36 Å². The van der Waals surface area contributed by atoms with Crippen LogP contribution in [-0.4, -0.2) is 11.9 Å². The van der Waals surface area contributed by atoms with E-state index >= 15 is 0 Å². The van der Waals surface area contributed by atoms with Crippen molar-refractivity contribution in [3.63, 3.8) is 0 Å². The number of benzene rings is 2. The van der Waals surface area contributed by atoms with Crippen LogP contribution in [0.15, 0.2) is 60.7 Å². The van der Waals surface area contributed by atoms with Crippen LogP contribution in [0.3, 0.4) is 0 Å². The van der Waals surface area contributed by atoms with Gasteiger partial charge in [-0.1, -0.05) is 67.6 Å². The Labute approximate surface area is 131 Å². The van der Waals surface area contributed by atoms with Crippen LogP contribution in [0.5, 0.6) is 0 Å². The molecule has 0 bridgehead atoms. The van der Waals surface area contributed by atoms with Crippen molar-refractivity contribution in [1.82, 2.24) is 0 Å². The lowest BCUT2D eigenvalue weighted by atomic mass is 9.90. The maximum Gasteiger partial charge on any atom is 0.153 e. The zero-order chi connectivity index (χ0) is 15.8. The molecule has 1 fully saturated rings. The van der Waals surface area contributed by atoms with E-state index in [1.165, 1.54) is 0 Å². The predicted octanol–water partition coefficient (Wildman–Crippen LogP) is 4.68. The normalized spacial score (nSPS) is 31.4. The van der Waals surface area contributed by atoms with Gasteiger partial charge in [0.15, 0.2) is 5.78 Å². The van der Waals surface area contributed by atoms with Crippen LogP contribution in [0.2, 0.25) is 0 Å². The van der Waals surface area contributed by atoms with Crippen LogP contribution in [0.4, 0.5) is 0 Å². The fraction of sp³-hybridized carbons (Fsp3) is 0.316. The van der Waals surface area contributed by atoms with Gasteiger partial charge in [0.1, 0.15) is 12.3 Å². The highest BCUT2D eigenvalue weighted by atomic mass is 31.2. The van der Waals surface area contributed by atoms with Crippen molar-refractivity contribution >= 4 is 12.9 Å². The molecule has 0 N–H and O–H groups in total. The van der Waals surface area contributed by atoms with Crippen molar-refractivity contribution in [3.8, 4) is 0 Å². The van der Waals surface area contributed by atoms with Gasteiger partial charge in [-0.25, -0.2) is 0 Å². The highest BCUT2D eigenvalue weighted by Gasteiger charge is 2.58. The summed E-state index contributed by atoms with van der Waals surface area (Å²) in [6, 6.07) is 19.5. The van der Waals surface area contributed by atoms with Crippen LogP contribution in [0.25, 0.3) is 0 Å². The summed E-state index contributed by atoms with van der Waals surface area (Å²) in [6.07, 6.45) is 1.00. The Morgan fingerprint density at radius 2 is 1.59 bits per heavy atom. The second kappa shape index (κ2) is 5.52. The molecule has 2 nitrogen and oxygen atoms in total. The molecule has 0 amide bonds. The molecular weight excluding hydrogens is 291 g/mol. The lowest BCUT2D eigenvalue weighted by molar-refractivity contribution is -0.123. The molecule has 1 saturated heterocycles. The summed E-state index contributed by atoms with van der Waals surface area (Å²) >= 11 is 0. The average Bonchev–Trinajstić information content (AvgIpc) is 2.70. The summed E-state index contributed by atoms with van der Waals surface area (Å²) in [7, 11) is -2.70. The number of hydrogen-bond acceptors (Lipinski definition) is 2. The topological polar surface area (TPSA) is 34.1 Å². The van der Waals surface area contributed by atoms with Gasteiger partial charge < -0.3 is 4.57 Å². The first kappa shape index (κ1) is 15.2. The van der Waals surface area contributed by atoms with E-state index in [4.69, 9.17) is 0 Å². The van der Waals surface area contributed by atoms with Crippen LogP contribution >= 0.6 is 7.14 Å². The Bertz CT molecular complexity index is 724. The molecule has 1 aliphatic heterocycles. The Kier molecular flexibility index (Phi) is 3.82. The highest BCUT2D eigenvalue weighted by Crippen LogP contribution is 2.71. The molecule has 3 rings (SSSR count). The number of rotatable bonds is 3. The Hall–Kier alpha value is -1.66. The maximum absolute atomic E-state index is 13.8. The van der Waals surface area contributed by atoms with E-state index in [-0.39, 0.29) is 11.7 Å². The summed E-state index contributed by atoms with van der Waals surface area (Å²) in [4.78, 5) is 12.9. The van der Waals surface area contributed by atoms with Gasteiger partial charge in [-0.15, -0.1) is 0 Å². The molecule has 114 valence electrons. The third-order valence-electron chi connectivity index (χ3n) is 4.93. The predicted molar refractivity (Wildman–Crippen MR) is 90.6 cm³/mol. The van der Waals surface area contributed by atoms with Crippen molar-refractivity contribution in [1.29, 1.82) is 0 Å². The Morgan fingerprint density at radius 3 is 2.18 bits per heavy atom. The second-order valence-electron chi connectivity index (χ2n) is 6.42. The van der Waals surface area contributed by atoms with Crippen molar-refractivity contribution in [3.05, 3.63) is 71.8 Å². The number of ketones is 1. The number of Topliss-reactive ketones (excluding diaryl/α,β-unsaturated/α-hetero) is 1. The Balaban J connectivity index is 2.09. The average molecular weight is 312 g/mol. The van der Waals surface area contributed by atoms with E-state index in [1.54, 1.807) is 0 Å². The Morgan fingerprint density at radius 1 is 1.05 bits per heavy atom. The van der Waals surface area contributed by atoms with Crippen LogP contribution < -0.4 is 0 Å². The van der Waals surface area contributed by atoms with Gasteiger partial charge >= 0.3 is 0 Å². The van der Waals surface area contributed by atoms with Crippen LogP contribution in [0, 0.1) is 5.92 Å². The highest BCUT2D eigenvalue weighted by molar-refractivity contribution is 7.66. The smallest absolute Gasteiger partial charge is 0.153 e. The summed E-state index contributed by atoms with van der Waals surface area (Å²) in [5.41, 5.74) is 1.94. The van der Waals surface area contributed by atoms with E-state index < -0.39 is 12.3 Å². The molecular formula is C19H21O2P. The SMILES string of the molecule is CC1CP(=O)(Cc2ccccc2)C(C)(c2ccccc2)C1=O. The molecule has 2 aromatic carbocycles. The maximum atomic E-state index is 13.8. The third-order valence-corrected chi connectivity index (χ3v) is 9.05. The van der Waals surface area contributed by atoms with E-state index in [0.29, 0.717) is 12.3 Å². The molecule has 0 aliphatic carbocycles. The molecule has 0 aromatic heterocycles. The van der Waals surface area contributed by atoms with Gasteiger partial charge in [-0.05, 0) is 18.1 Å². The van der Waals surface area contributed by atoms with E-state index in [2.05, 4.69) is 0 Å². The first-order chi connectivity index (χ1) is 10.5. The van der Waals surface area contributed by atoms with E-state index in [1.807, 2.05) is 74.5 Å².